The van der Waals surface area contributed by atoms with E-state index in [0.29, 0.717) is 6.54 Å². The highest BCUT2D eigenvalue weighted by Gasteiger charge is 2.34. The smallest absolute Gasteiger partial charge is 0.243 e. The molecular formula is C11H18BrN3O2S. The van der Waals surface area contributed by atoms with Crippen molar-refractivity contribution in [2.24, 2.45) is 12.5 Å². The summed E-state index contributed by atoms with van der Waals surface area (Å²) in [5, 5.41) is 4.73. The standard InChI is InChI=1S/C11H18BrN3O2S/c1-15-7-10(6-13-15)18(16,17)14-9-11(8-12)4-2-3-5-11/h6-7,14H,2-5,8-9H2,1H3. The van der Waals surface area contributed by atoms with Crippen LogP contribution in [0.4, 0.5) is 0 Å². The van der Waals surface area contributed by atoms with Gasteiger partial charge in [0, 0.05) is 25.1 Å². The Morgan fingerprint density at radius 3 is 2.67 bits per heavy atom. The molecule has 1 aliphatic carbocycles. The maximum atomic E-state index is 12.1. The van der Waals surface area contributed by atoms with Crippen molar-refractivity contribution >= 4 is 26.0 Å². The van der Waals surface area contributed by atoms with Crippen LogP contribution >= 0.6 is 15.9 Å². The number of hydrogen-bond acceptors (Lipinski definition) is 3. The molecule has 102 valence electrons. The molecule has 0 unspecified atom stereocenters. The van der Waals surface area contributed by atoms with Crippen LogP contribution in [0.5, 0.6) is 0 Å². The van der Waals surface area contributed by atoms with Crippen LogP contribution < -0.4 is 4.72 Å². The van der Waals surface area contributed by atoms with E-state index >= 15 is 0 Å². The lowest BCUT2D eigenvalue weighted by molar-refractivity contribution is 0.347. The van der Waals surface area contributed by atoms with Crippen LogP contribution in [0, 0.1) is 5.41 Å². The first-order valence-electron chi connectivity index (χ1n) is 6.02. The second kappa shape index (κ2) is 5.30. The number of halogens is 1. The fourth-order valence-corrected chi connectivity index (χ4v) is 4.25. The average molecular weight is 336 g/mol. The van der Waals surface area contributed by atoms with Crippen molar-refractivity contribution in [3.63, 3.8) is 0 Å². The van der Waals surface area contributed by atoms with E-state index in [-0.39, 0.29) is 10.3 Å². The van der Waals surface area contributed by atoms with Gasteiger partial charge >= 0.3 is 0 Å². The normalized spacial score (nSPS) is 19.2. The van der Waals surface area contributed by atoms with Gasteiger partial charge in [-0.25, -0.2) is 13.1 Å². The van der Waals surface area contributed by atoms with Gasteiger partial charge in [0.05, 0.1) is 6.20 Å². The van der Waals surface area contributed by atoms with Gasteiger partial charge < -0.3 is 0 Å². The minimum absolute atomic E-state index is 0.0786. The maximum Gasteiger partial charge on any atom is 0.243 e. The summed E-state index contributed by atoms with van der Waals surface area (Å²) in [6, 6.07) is 0. The molecule has 1 heterocycles. The molecule has 2 rings (SSSR count). The van der Waals surface area contributed by atoms with Gasteiger partial charge in [0.15, 0.2) is 0 Å². The summed E-state index contributed by atoms with van der Waals surface area (Å²) >= 11 is 3.51. The van der Waals surface area contributed by atoms with Crippen LogP contribution in [0.3, 0.4) is 0 Å². The Kier molecular flexibility index (Phi) is 4.13. The van der Waals surface area contributed by atoms with Crippen LogP contribution in [-0.2, 0) is 17.1 Å². The SMILES string of the molecule is Cn1cc(S(=O)(=O)NCC2(CBr)CCCC2)cn1. The fourth-order valence-electron chi connectivity index (χ4n) is 2.35. The third kappa shape index (κ3) is 2.95. The van der Waals surface area contributed by atoms with Crippen LogP contribution in [-0.4, -0.2) is 30.1 Å². The minimum Gasteiger partial charge on any atom is -0.274 e. The number of sulfonamides is 1. The van der Waals surface area contributed by atoms with Crippen molar-refractivity contribution in [2.45, 2.75) is 30.6 Å². The molecular weight excluding hydrogens is 318 g/mol. The Hall–Kier alpha value is -0.400. The second-order valence-electron chi connectivity index (χ2n) is 5.01. The van der Waals surface area contributed by atoms with Crippen LogP contribution in [0.1, 0.15) is 25.7 Å². The first-order chi connectivity index (χ1) is 8.47. The summed E-state index contributed by atoms with van der Waals surface area (Å²) < 4.78 is 28.4. The van der Waals surface area contributed by atoms with Crippen molar-refractivity contribution in [2.75, 3.05) is 11.9 Å². The summed E-state index contributed by atoms with van der Waals surface area (Å²) in [6.07, 6.45) is 7.40. The first kappa shape index (κ1) is 14.0. The molecule has 1 N–H and O–H groups in total. The van der Waals surface area contributed by atoms with Gasteiger partial charge in [-0.1, -0.05) is 28.8 Å². The maximum absolute atomic E-state index is 12.1. The molecule has 0 amide bonds. The molecule has 0 bridgehead atoms. The Morgan fingerprint density at radius 2 is 2.17 bits per heavy atom. The molecule has 1 saturated carbocycles. The van der Waals surface area contributed by atoms with Gasteiger partial charge in [-0.2, -0.15) is 5.10 Å². The first-order valence-corrected chi connectivity index (χ1v) is 8.62. The molecule has 1 aliphatic rings. The van der Waals surface area contributed by atoms with Gasteiger partial charge in [-0.3, -0.25) is 4.68 Å². The summed E-state index contributed by atoms with van der Waals surface area (Å²) in [5.74, 6) is 0. The van der Waals surface area contributed by atoms with Crippen LogP contribution in [0.2, 0.25) is 0 Å². The van der Waals surface area contributed by atoms with Crippen molar-refractivity contribution in [1.29, 1.82) is 0 Å². The summed E-state index contributed by atoms with van der Waals surface area (Å²) in [6.45, 7) is 0.496. The molecule has 7 heteroatoms. The van der Waals surface area contributed by atoms with Crippen molar-refractivity contribution in [1.82, 2.24) is 14.5 Å². The van der Waals surface area contributed by atoms with E-state index in [2.05, 4.69) is 25.8 Å². The van der Waals surface area contributed by atoms with E-state index in [1.54, 1.807) is 7.05 Å². The molecule has 0 radical (unpaired) electrons. The van der Waals surface area contributed by atoms with E-state index in [1.807, 2.05) is 0 Å². The zero-order chi connectivity index (χ0) is 13.2. The summed E-state index contributed by atoms with van der Waals surface area (Å²) in [4.78, 5) is 0.229. The molecule has 0 aromatic carbocycles. The molecule has 0 spiro atoms. The lowest BCUT2D eigenvalue weighted by atomic mass is 9.89. The van der Waals surface area contributed by atoms with E-state index in [0.717, 1.165) is 18.2 Å². The molecule has 0 aliphatic heterocycles. The predicted molar refractivity (Wildman–Crippen MR) is 73.1 cm³/mol. The van der Waals surface area contributed by atoms with E-state index < -0.39 is 10.0 Å². The Labute approximate surface area is 116 Å². The van der Waals surface area contributed by atoms with Crippen molar-refractivity contribution in [3.8, 4) is 0 Å². The predicted octanol–water partition coefficient (Wildman–Crippen LogP) is 1.65. The number of aryl methyl sites for hydroxylation is 1. The van der Waals surface area contributed by atoms with Gasteiger partial charge in [0.1, 0.15) is 4.90 Å². The van der Waals surface area contributed by atoms with Gasteiger partial charge in [-0.15, -0.1) is 0 Å². The van der Waals surface area contributed by atoms with Gasteiger partial charge in [-0.05, 0) is 18.3 Å². The monoisotopic (exact) mass is 335 g/mol. The van der Waals surface area contributed by atoms with E-state index in [4.69, 9.17) is 0 Å². The highest BCUT2D eigenvalue weighted by Crippen LogP contribution is 2.39. The average Bonchev–Trinajstić information content (AvgIpc) is 2.96. The van der Waals surface area contributed by atoms with Gasteiger partial charge in [0.2, 0.25) is 10.0 Å². The van der Waals surface area contributed by atoms with E-state index in [1.165, 1.54) is 29.9 Å². The minimum atomic E-state index is -3.43. The van der Waals surface area contributed by atoms with Crippen molar-refractivity contribution < 1.29 is 8.42 Å². The quantitative estimate of drug-likeness (QED) is 0.832. The Balaban J connectivity index is 2.05. The van der Waals surface area contributed by atoms with E-state index in [9.17, 15) is 8.42 Å². The topological polar surface area (TPSA) is 64.0 Å². The van der Waals surface area contributed by atoms with Crippen molar-refractivity contribution in [3.05, 3.63) is 12.4 Å². The highest BCUT2D eigenvalue weighted by molar-refractivity contribution is 9.09. The largest absolute Gasteiger partial charge is 0.274 e. The van der Waals surface area contributed by atoms with Crippen LogP contribution in [0.15, 0.2) is 17.3 Å². The number of rotatable bonds is 5. The van der Waals surface area contributed by atoms with Gasteiger partial charge in [0.25, 0.3) is 0 Å². The molecule has 18 heavy (non-hydrogen) atoms. The zero-order valence-corrected chi connectivity index (χ0v) is 12.8. The summed E-state index contributed by atoms with van der Waals surface area (Å²) in [7, 11) is -1.72. The number of nitrogens with one attached hydrogen (secondary N) is 1. The molecule has 1 aromatic heterocycles. The van der Waals surface area contributed by atoms with Crippen LogP contribution in [0.25, 0.3) is 0 Å². The zero-order valence-electron chi connectivity index (χ0n) is 10.4. The number of hydrogen-bond donors (Lipinski definition) is 1. The molecule has 5 nitrogen and oxygen atoms in total. The molecule has 0 saturated heterocycles. The third-order valence-electron chi connectivity index (χ3n) is 3.58. The Morgan fingerprint density at radius 1 is 1.50 bits per heavy atom. The fraction of sp³-hybridized carbons (Fsp3) is 0.727. The number of alkyl halides is 1. The molecule has 0 atom stereocenters. The summed E-state index contributed by atoms with van der Waals surface area (Å²) in [5.41, 5.74) is 0.0786. The third-order valence-corrected chi connectivity index (χ3v) is 6.12. The lowest BCUT2D eigenvalue weighted by Gasteiger charge is -2.26. The Bertz CT molecular complexity index is 506. The molecule has 1 fully saturated rings. The molecule has 1 aromatic rings. The number of nitrogens with zero attached hydrogens (tertiary/aromatic N) is 2. The highest BCUT2D eigenvalue weighted by atomic mass is 79.9. The second-order valence-corrected chi connectivity index (χ2v) is 7.34. The lowest BCUT2D eigenvalue weighted by Crippen LogP contribution is -2.36. The number of aromatic nitrogens is 2.